The molecule has 3 aromatic rings. The number of pyridine rings is 1. The van der Waals surface area contributed by atoms with Gasteiger partial charge in [0.1, 0.15) is 0 Å². The number of aromatic nitrogens is 3. The Morgan fingerprint density at radius 1 is 1.20 bits per heavy atom. The maximum Gasteiger partial charge on any atom is 0.258 e. The highest BCUT2D eigenvalue weighted by molar-refractivity contribution is 7.89. The van der Waals surface area contributed by atoms with Crippen molar-refractivity contribution in [2.75, 3.05) is 6.61 Å². The first-order chi connectivity index (χ1) is 12.1. The molecule has 0 spiro atoms. The number of hydrogen-bond donors (Lipinski definition) is 2. The van der Waals surface area contributed by atoms with Gasteiger partial charge in [-0.1, -0.05) is 37.3 Å². The van der Waals surface area contributed by atoms with Crippen LogP contribution < -0.4 is 4.72 Å². The fourth-order valence-electron chi connectivity index (χ4n) is 2.44. The summed E-state index contributed by atoms with van der Waals surface area (Å²) in [6, 6.07) is 12.8. The molecule has 0 amide bonds. The lowest BCUT2D eigenvalue weighted by atomic mass is 10.2. The van der Waals surface area contributed by atoms with Crippen molar-refractivity contribution in [2.24, 2.45) is 0 Å². The zero-order chi connectivity index (χ0) is 17.7. The third kappa shape index (κ3) is 4.22. The van der Waals surface area contributed by atoms with Gasteiger partial charge in [0.15, 0.2) is 10.7 Å². The number of nitrogens with one attached hydrogen (secondary N) is 2. The molecule has 0 aliphatic carbocycles. The summed E-state index contributed by atoms with van der Waals surface area (Å²) in [7, 11) is -3.74. The van der Waals surface area contributed by atoms with Gasteiger partial charge in [0.25, 0.3) is 10.0 Å². The molecule has 7 nitrogen and oxygen atoms in total. The van der Waals surface area contributed by atoms with Crippen LogP contribution in [0.2, 0.25) is 0 Å². The molecule has 132 valence electrons. The van der Waals surface area contributed by atoms with Crippen molar-refractivity contribution in [3.05, 3.63) is 54.2 Å². The minimum Gasteiger partial charge on any atom is -0.375 e. The van der Waals surface area contributed by atoms with Gasteiger partial charge in [-0.3, -0.25) is 5.10 Å². The average molecular weight is 360 g/mol. The maximum absolute atomic E-state index is 12.6. The summed E-state index contributed by atoms with van der Waals surface area (Å²) in [6.07, 6.45) is 2.18. The van der Waals surface area contributed by atoms with Gasteiger partial charge in [-0.05, 0) is 24.1 Å². The van der Waals surface area contributed by atoms with Crippen molar-refractivity contribution in [3.63, 3.8) is 0 Å². The zero-order valence-electron chi connectivity index (χ0n) is 13.8. The van der Waals surface area contributed by atoms with Crippen LogP contribution in [-0.4, -0.2) is 36.2 Å². The number of fused-ring (bicyclic) bond motifs is 1. The first kappa shape index (κ1) is 17.5. The monoisotopic (exact) mass is 360 g/mol. The van der Waals surface area contributed by atoms with E-state index in [1.54, 1.807) is 18.3 Å². The Morgan fingerprint density at radius 3 is 2.76 bits per heavy atom. The smallest absolute Gasteiger partial charge is 0.258 e. The van der Waals surface area contributed by atoms with Crippen molar-refractivity contribution in [1.82, 2.24) is 19.9 Å². The van der Waals surface area contributed by atoms with Gasteiger partial charge in [-0.2, -0.15) is 5.10 Å². The first-order valence-corrected chi connectivity index (χ1v) is 9.51. The van der Waals surface area contributed by atoms with Gasteiger partial charge in [0, 0.05) is 12.2 Å². The molecule has 2 N–H and O–H groups in total. The summed E-state index contributed by atoms with van der Waals surface area (Å²) in [5, 5.41) is 6.99. The predicted octanol–water partition coefficient (Wildman–Crippen LogP) is 2.23. The Hall–Kier alpha value is -2.29. The van der Waals surface area contributed by atoms with E-state index < -0.39 is 10.0 Å². The van der Waals surface area contributed by atoms with E-state index in [4.69, 9.17) is 4.74 Å². The number of ether oxygens (including phenoxy) is 1. The summed E-state index contributed by atoms with van der Waals surface area (Å²) < 4.78 is 33.6. The second-order valence-corrected chi connectivity index (χ2v) is 7.31. The second-order valence-electron chi connectivity index (χ2n) is 5.65. The Kier molecular flexibility index (Phi) is 5.42. The minimum absolute atomic E-state index is 0.0251. The number of hydrogen-bond acceptors (Lipinski definition) is 5. The van der Waals surface area contributed by atoms with Gasteiger partial charge >= 0.3 is 0 Å². The van der Waals surface area contributed by atoms with E-state index in [9.17, 15) is 8.42 Å². The van der Waals surface area contributed by atoms with E-state index in [1.807, 2.05) is 37.3 Å². The molecule has 2 aromatic heterocycles. The molecule has 2 heterocycles. The Morgan fingerprint density at radius 2 is 2.00 bits per heavy atom. The van der Waals surface area contributed by atoms with Gasteiger partial charge in [0.05, 0.1) is 18.6 Å². The average Bonchev–Trinajstić information content (AvgIpc) is 3.07. The third-order valence-electron chi connectivity index (χ3n) is 3.81. The molecule has 0 unspecified atom stereocenters. The molecule has 25 heavy (non-hydrogen) atoms. The van der Waals surface area contributed by atoms with E-state index in [0.717, 1.165) is 5.56 Å². The molecule has 0 bridgehead atoms. The van der Waals surface area contributed by atoms with Gasteiger partial charge in [0.2, 0.25) is 0 Å². The van der Waals surface area contributed by atoms with Gasteiger partial charge < -0.3 is 4.74 Å². The van der Waals surface area contributed by atoms with E-state index in [2.05, 4.69) is 19.9 Å². The summed E-state index contributed by atoms with van der Waals surface area (Å²) in [5.74, 6) is 0. The molecular weight excluding hydrogens is 340 g/mol. The molecule has 1 atom stereocenters. The second kappa shape index (κ2) is 7.73. The summed E-state index contributed by atoms with van der Waals surface area (Å²) in [5.41, 5.74) is 1.42. The van der Waals surface area contributed by atoms with Crippen LogP contribution in [0.5, 0.6) is 0 Å². The highest BCUT2D eigenvalue weighted by atomic mass is 32.2. The molecule has 0 aliphatic heterocycles. The lowest BCUT2D eigenvalue weighted by Crippen LogP contribution is -2.38. The maximum atomic E-state index is 12.6. The molecular formula is C17H20N4O3S. The lowest BCUT2D eigenvalue weighted by molar-refractivity contribution is 0.103. The Balaban J connectivity index is 1.66. The molecule has 0 fully saturated rings. The van der Waals surface area contributed by atoms with E-state index in [1.165, 1.54) is 0 Å². The van der Waals surface area contributed by atoms with Crippen molar-refractivity contribution in [3.8, 4) is 0 Å². The summed E-state index contributed by atoms with van der Waals surface area (Å²) >= 11 is 0. The first-order valence-electron chi connectivity index (χ1n) is 8.03. The van der Waals surface area contributed by atoms with Gasteiger partial charge in [-0.25, -0.2) is 18.1 Å². The van der Waals surface area contributed by atoms with Crippen molar-refractivity contribution >= 4 is 21.1 Å². The standard InChI is InChI=1S/C17H20N4O3S/c1-2-14(12-24-11-13-7-4-3-5-8-13)21-25(22,23)17-15-9-6-10-18-16(15)19-20-17/h3-10,14,21H,2,11-12H2,1H3,(H,18,19,20)/t14-/m1/s1. The van der Waals surface area contributed by atoms with E-state index >= 15 is 0 Å². The van der Waals surface area contributed by atoms with Crippen LogP contribution in [-0.2, 0) is 21.4 Å². The highest BCUT2D eigenvalue weighted by Gasteiger charge is 2.24. The molecule has 1 aromatic carbocycles. The fraction of sp³-hybridized carbons (Fsp3) is 0.294. The SMILES string of the molecule is CC[C@H](COCc1ccccc1)NS(=O)(=O)c1[nH]nc2ncccc12. The van der Waals surface area contributed by atoms with Crippen LogP contribution in [0.15, 0.2) is 53.7 Å². The minimum atomic E-state index is -3.74. The largest absolute Gasteiger partial charge is 0.375 e. The van der Waals surface area contributed by atoms with Crippen LogP contribution in [0, 0.1) is 0 Å². The third-order valence-corrected chi connectivity index (χ3v) is 5.30. The molecule has 0 saturated heterocycles. The number of sulfonamides is 1. The van der Waals surface area contributed by atoms with Crippen LogP contribution >= 0.6 is 0 Å². The Bertz CT molecular complexity index is 925. The quantitative estimate of drug-likeness (QED) is 0.642. The number of nitrogens with zero attached hydrogens (tertiary/aromatic N) is 2. The Labute approximate surface area is 146 Å². The summed E-state index contributed by atoms with van der Waals surface area (Å²) in [6.45, 7) is 2.64. The number of aromatic amines is 1. The van der Waals surface area contributed by atoms with E-state index in [0.29, 0.717) is 24.1 Å². The fourth-order valence-corrected chi connectivity index (χ4v) is 3.84. The highest BCUT2D eigenvalue weighted by Crippen LogP contribution is 2.18. The zero-order valence-corrected chi connectivity index (χ0v) is 14.7. The van der Waals surface area contributed by atoms with Crippen molar-refractivity contribution < 1.29 is 13.2 Å². The molecule has 3 rings (SSSR count). The van der Waals surface area contributed by atoms with Crippen molar-refractivity contribution in [2.45, 2.75) is 31.0 Å². The van der Waals surface area contributed by atoms with Crippen molar-refractivity contribution in [1.29, 1.82) is 0 Å². The molecule has 8 heteroatoms. The molecule has 0 aliphatic rings. The van der Waals surface area contributed by atoms with Gasteiger partial charge in [-0.15, -0.1) is 0 Å². The van der Waals surface area contributed by atoms with E-state index in [-0.39, 0.29) is 17.7 Å². The number of benzene rings is 1. The topological polar surface area (TPSA) is 97.0 Å². The normalized spacial score (nSPS) is 13.2. The van der Waals surface area contributed by atoms with Crippen LogP contribution in [0.1, 0.15) is 18.9 Å². The lowest BCUT2D eigenvalue weighted by Gasteiger charge is -2.16. The van der Waals surface area contributed by atoms with Crippen LogP contribution in [0.3, 0.4) is 0 Å². The van der Waals surface area contributed by atoms with Crippen LogP contribution in [0.25, 0.3) is 11.0 Å². The summed E-state index contributed by atoms with van der Waals surface area (Å²) in [4.78, 5) is 4.04. The number of rotatable bonds is 8. The molecule has 0 radical (unpaired) electrons. The number of H-pyrrole nitrogens is 1. The molecule has 0 saturated carbocycles. The predicted molar refractivity (Wildman–Crippen MR) is 94.4 cm³/mol. The van der Waals surface area contributed by atoms with Crippen LogP contribution in [0.4, 0.5) is 0 Å².